The van der Waals surface area contributed by atoms with Gasteiger partial charge in [-0.2, -0.15) is 0 Å². The molecule has 2 aromatic carbocycles. The van der Waals surface area contributed by atoms with Crippen molar-refractivity contribution in [3.8, 4) is 0 Å². The molecule has 1 fully saturated rings. The van der Waals surface area contributed by atoms with Crippen LogP contribution in [0.4, 0.5) is 16.3 Å². The van der Waals surface area contributed by atoms with Crippen molar-refractivity contribution in [1.82, 2.24) is 14.8 Å². The van der Waals surface area contributed by atoms with E-state index in [2.05, 4.69) is 10.3 Å². The van der Waals surface area contributed by atoms with Crippen LogP contribution in [0.15, 0.2) is 54.6 Å². The average molecular weight is 453 g/mol. The quantitative estimate of drug-likeness (QED) is 0.593. The SMILES string of the molecule is CCCOC(=O)N1CCN(C(=O)c2ccc3c(Cl)cc(Nc4ccccc4)nc3c2)CC1. The lowest BCUT2D eigenvalue weighted by atomic mass is 10.1. The molecule has 0 atom stereocenters. The normalized spacial score (nSPS) is 13.8. The lowest BCUT2D eigenvalue weighted by molar-refractivity contribution is 0.0560. The number of carbonyl (C=O) groups is 2. The number of pyridine rings is 1. The lowest BCUT2D eigenvalue weighted by Gasteiger charge is -2.34. The molecule has 1 N–H and O–H groups in total. The topological polar surface area (TPSA) is 74.8 Å². The number of ether oxygens (including phenoxy) is 1. The maximum absolute atomic E-state index is 13.1. The van der Waals surface area contributed by atoms with Gasteiger partial charge in [0.2, 0.25) is 0 Å². The van der Waals surface area contributed by atoms with E-state index in [1.807, 2.05) is 43.3 Å². The van der Waals surface area contributed by atoms with E-state index in [1.54, 1.807) is 28.0 Å². The molecule has 1 aliphatic rings. The maximum Gasteiger partial charge on any atom is 0.409 e. The molecule has 7 nitrogen and oxygen atoms in total. The van der Waals surface area contributed by atoms with E-state index in [9.17, 15) is 9.59 Å². The summed E-state index contributed by atoms with van der Waals surface area (Å²) in [6.07, 6.45) is 0.467. The van der Waals surface area contributed by atoms with Gasteiger partial charge in [0.1, 0.15) is 5.82 Å². The molecule has 0 spiro atoms. The smallest absolute Gasteiger partial charge is 0.409 e. The van der Waals surface area contributed by atoms with Crippen molar-refractivity contribution in [1.29, 1.82) is 0 Å². The first-order valence-electron chi connectivity index (χ1n) is 10.7. The fourth-order valence-electron chi connectivity index (χ4n) is 3.61. The first kappa shape index (κ1) is 21.9. The standard InChI is InChI=1S/C24H25ClN4O3/c1-2-14-32-24(31)29-12-10-28(11-13-29)23(30)17-8-9-19-20(25)16-22(27-21(19)15-17)26-18-6-4-3-5-7-18/h3-9,15-16H,2,10-14H2,1H3,(H,26,27). The van der Waals surface area contributed by atoms with Crippen molar-refractivity contribution in [2.45, 2.75) is 13.3 Å². The second-order valence-corrected chi connectivity index (χ2v) is 8.01. The molecule has 3 aromatic rings. The number of para-hydroxylation sites is 1. The molecule has 2 amide bonds. The molecule has 1 aliphatic heterocycles. The van der Waals surface area contributed by atoms with E-state index in [4.69, 9.17) is 16.3 Å². The van der Waals surface area contributed by atoms with Crippen molar-refractivity contribution >= 4 is 46.0 Å². The number of hydrogen-bond donors (Lipinski definition) is 1. The lowest BCUT2D eigenvalue weighted by Crippen LogP contribution is -2.50. The summed E-state index contributed by atoms with van der Waals surface area (Å²) in [6.45, 7) is 4.19. The van der Waals surface area contributed by atoms with E-state index in [0.717, 1.165) is 17.5 Å². The Morgan fingerprint density at radius 3 is 2.47 bits per heavy atom. The predicted octanol–water partition coefficient (Wildman–Crippen LogP) is 4.94. The summed E-state index contributed by atoms with van der Waals surface area (Å²) in [4.78, 5) is 33.1. The van der Waals surface area contributed by atoms with Crippen LogP contribution in [0, 0.1) is 0 Å². The van der Waals surface area contributed by atoms with Crippen molar-refractivity contribution in [2.75, 3.05) is 38.1 Å². The van der Waals surface area contributed by atoms with Crippen LogP contribution >= 0.6 is 11.6 Å². The number of rotatable bonds is 5. The van der Waals surface area contributed by atoms with Gasteiger partial charge in [0.25, 0.3) is 5.91 Å². The zero-order valence-corrected chi connectivity index (χ0v) is 18.6. The molecule has 0 radical (unpaired) electrons. The van der Waals surface area contributed by atoms with Gasteiger partial charge in [-0.25, -0.2) is 9.78 Å². The second kappa shape index (κ2) is 9.87. The summed E-state index contributed by atoms with van der Waals surface area (Å²) in [5.74, 6) is 0.519. The van der Waals surface area contributed by atoms with Gasteiger partial charge >= 0.3 is 6.09 Å². The number of nitrogens with zero attached hydrogens (tertiary/aromatic N) is 3. The minimum atomic E-state index is -0.318. The Balaban J connectivity index is 1.48. The van der Waals surface area contributed by atoms with Crippen LogP contribution < -0.4 is 5.32 Å². The second-order valence-electron chi connectivity index (χ2n) is 7.61. The first-order valence-corrected chi connectivity index (χ1v) is 11.1. The Labute approximate surface area is 191 Å². The maximum atomic E-state index is 13.1. The van der Waals surface area contributed by atoms with E-state index < -0.39 is 0 Å². The van der Waals surface area contributed by atoms with Crippen LogP contribution in [0.5, 0.6) is 0 Å². The van der Waals surface area contributed by atoms with Gasteiger partial charge in [-0.05, 0) is 30.7 Å². The Kier molecular flexibility index (Phi) is 6.75. The zero-order chi connectivity index (χ0) is 22.5. The average Bonchev–Trinajstić information content (AvgIpc) is 2.82. The summed E-state index contributed by atoms with van der Waals surface area (Å²) in [5, 5.41) is 4.58. The number of halogens is 1. The molecule has 8 heteroatoms. The summed E-state index contributed by atoms with van der Waals surface area (Å²) in [5.41, 5.74) is 2.08. The number of piperazine rings is 1. The molecule has 32 heavy (non-hydrogen) atoms. The number of benzene rings is 2. The van der Waals surface area contributed by atoms with E-state index in [-0.39, 0.29) is 12.0 Å². The molecule has 166 valence electrons. The zero-order valence-electron chi connectivity index (χ0n) is 17.9. The minimum Gasteiger partial charge on any atom is -0.449 e. The molecule has 0 aliphatic carbocycles. The molecule has 4 rings (SSSR count). The van der Waals surface area contributed by atoms with Gasteiger partial charge in [-0.15, -0.1) is 0 Å². The number of aromatic nitrogens is 1. The number of nitrogens with one attached hydrogen (secondary N) is 1. The van der Waals surface area contributed by atoms with Crippen LogP contribution in [-0.4, -0.2) is 59.6 Å². The van der Waals surface area contributed by atoms with E-state index in [1.165, 1.54) is 0 Å². The molecule has 1 aromatic heterocycles. The Morgan fingerprint density at radius 1 is 1.03 bits per heavy atom. The largest absolute Gasteiger partial charge is 0.449 e. The van der Waals surface area contributed by atoms with Gasteiger partial charge in [0.15, 0.2) is 0 Å². The van der Waals surface area contributed by atoms with Gasteiger partial charge in [0.05, 0.1) is 17.1 Å². The Bertz CT molecular complexity index is 1110. The van der Waals surface area contributed by atoms with Crippen LogP contribution in [0.3, 0.4) is 0 Å². The first-order chi connectivity index (χ1) is 15.5. The molecular formula is C24H25ClN4O3. The van der Waals surface area contributed by atoms with Crippen molar-refractivity contribution in [3.05, 3.63) is 65.2 Å². The van der Waals surface area contributed by atoms with Crippen molar-refractivity contribution in [3.63, 3.8) is 0 Å². The highest BCUT2D eigenvalue weighted by Gasteiger charge is 2.25. The summed E-state index contributed by atoms with van der Waals surface area (Å²) in [7, 11) is 0. The third kappa shape index (κ3) is 4.94. The van der Waals surface area contributed by atoms with Crippen LogP contribution in [0.2, 0.25) is 5.02 Å². The van der Waals surface area contributed by atoms with E-state index >= 15 is 0 Å². The fraction of sp³-hybridized carbons (Fsp3) is 0.292. The Hall–Kier alpha value is -3.32. The third-order valence-electron chi connectivity index (χ3n) is 5.31. The fourth-order valence-corrected chi connectivity index (χ4v) is 3.87. The number of amides is 2. The van der Waals surface area contributed by atoms with Gasteiger partial charge in [-0.3, -0.25) is 4.79 Å². The minimum absolute atomic E-state index is 0.0900. The van der Waals surface area contributed by atoms with Crippen LogP contribution in [0.25, 0.3) is 10.9 Å². The number of carbonyl (C=O) groups excluding carboxylic acids is 2. The predicted molar refractivity (Wildman–Crippen MR) is 126 cm³/mol. The molecule has 0 unspecified atom stereocenters. The highest BCUT2D eigenvalue weighted by molar-refractivity contribution is 6.35. The molecule has 2 heterocycles. The van der Waals surface area contributed by atoms with E-state index in [0.29, 0.717) is 54.7 Å². The summed E-state index contributed by atoms with van der Waals surface area (Å²) < 4.78 is 5.18. The highest BCUT2D eigenvalue weighted by Crippen LogP contribution is 2.28. The number of fused-ring (bicyclic) bond motifs is 1. The number of hydrogen-bond acceptors (Lipinski definition) is 5. The molecule has 0 saturated carbocycles. The van der Waals surface area contributed by atoms with Gasteiger partial charge < -0.3 is 19.9 Å². The molecule has 1 saturated heterocycles. The molecule has 0 bridgehead atoms. The van der Waals surface area contributed by atoms with Crippen molar-refractivity contribution < 1.29 is 14.3 Å². The van der Waals surface area contributed by atoms with Gasteiger partial charge in [0, 0.05) is 48.9 Å². The third-order valence-corrected chi connectivity index (χ3v) is 5.62. The Morgan fingerprint density at radius 2 is 1.75 bits per heavy atom. The van der Waals surface area contributed by atoms with Crippen molar-refractivity contribution in [2.24, 2.45) is 0 Å². The van der Waals surface area contributed by atoms with Gasteiger partial charge in [-0.1, -0.05) is 42.8 Å². The summed E-state index contributed by atoms with van der Waals surface area (Å²) in [6, 6.07) is 16.8. The van der Waals surface area contributed by atoms with Crippen LogP contribution in [0.1, 0.15) is 23.7 Å². The molecular weight excluding hydrogens is 428 g/mol. The summed E-state index contributed by atoms with van der Waals surface area (Å²) >= 11 is 6.47. The monoisotopic (exact) mass is 452 g/mol. The van der Waals surface area contributed by atoms with Crippen LogP contribution in [-0.2, 0) is 4.74 Å². The highest BCUT2D eigenvalue weighted by atomic mass is 35.5. The number of anilines is 2.